The number of halogens is 1. The van der Waals surface area contributed by atoms with Gasteiger partial charge in [-0.1, -0.05) is 19.8 Å². The number of amides is 1. The average molecular weight is 496 g/mol. The number of ether oxygens (including phenoxy) is 2. The third-order valence-corrected chi connectivity index (χ3v) is 5.72. The lowest BCUT2D eigenvalue weighted by molar-refractivity contribution is -0.127. The molecule has 0 aromatic heterocycles. The molecule has 158 valence electrons. The van der Waals surface area contributed by atoms with E-state index in [0.717, 1.165) is 19.3 Å². The highest BCUT2D eigenvalue weighted by Crippen LogP contribution is 2.25. The zero-order chi connectivity index (χ0) is 19.0. The molecule has 1 aliphatic heterocycles. The van der Waals surface area contributed by atoms with Crippen molar-refractivity contribution in [2.45, 2.75) is 57.1 Å². The zero-order valence-electron chi connectivity index (χ0n) is 17.3. The quantitative estimate of drug-likeness (QED) is 0.335. The van der Waals surface area contributed by atoms with E-state index in [1.165, 1.54) is 19.3 Å². The van der Waals surface area contributed by atoms with Crippen molar-refractivity contribution >= 4 is 35.8 Å². The second-order valence-corrected chi connectivity index (χ2v) is 7.82. The Hall–Kier alpha value is -0.610. The van der Waals surface area contributed by atoms with Crippen LogP contribution in [-0.2, 0) is 14.3 Å². The van der Waals surface area contributed by atoms with E-state index in [1.807, 2.05) is 0 Å². The van der Waals surface area contributed by atoms with E-state index >= 15 is 0 Å². The highest BCUT2D eigenvalue weighted by atomic mass is 127. The zero-order valence-corrected chi connectivity index (χ0v) is 19.6. The minimum atomic E-state index is -0.232. The van der Waals surface area contributed by atoms with Crippen LogP contribution in [0.15, 0.2) is 4.99 Å². The molecule has 2 fully saturated rings. The summed E-state index contributed by atoms with van der Waals surface area (Å²) in [5.41, 5.74) is -0.232. The Morgan fingerprint density at radius 2 is 1.93 bits per heavy atom. The lowest BCUT2D eigenvalue weighted by Crippen LogP contribution is -2.53. The molecule has 2 N–H and O–H groups in total. The van der Waals surface area contributed by atoms with Crippen LogP contribution < -0.4 is 10.6 Å². The van der Waals surface area contributed by atoms with Gasteiger partial charge in [-0.3, -0.25) is 4.79 Å². The Morgan fingerprint density at radius 3 is 2.52 bits per heavy atom. The number of nitrogens with zero attached hydrogens (tertiary/aromatic N) is 2. The first-order chi connectivity index (χ1) is 12.5. The first-order valence-corrected chi connectivity index (χ1v) is 9.84. The maximum atomic E-state index is 12.0. The number of guanidine groups is 1. The summed E-state index contributed by atoms with van der Waals surface area (Å²) in [5, 5.41) is 6.99. The Kier molecular flexibility index (Phi) is 10.9. The molecule has 2 aliphatic rings. The lowest BCUT2D eigenvalue weighted by Gasteiger charge is -2.37. The number of aliphatic imine (C=N–C) groups is 1. The molecule has 1 saturated heterocycles. The number of methoxy groups -OCH3 is 1. The van der Waals surface area contributed by atoms with E-state index in [9.17, 15) is 4.79 Å². The molecule has 2 atom stereocenters. The Balaban J connectivity index is 0.00000364. The summed E-state index contributed by atoms with van der Waals surface area (Å²) in [7, 11) is 5.27. The van der Waals surface area contributed by atoms with Crippen LogP contribution >= 0.6 is 24.0 Å². The molecule has 1 saturated carbocycles. The normalized spacial score (nSPS) is 25.3. The third kappa shape index (κ3) is 7.73. The van der Waals surface area contributed by atoms with Gasteiger partial charge in [0.15, 0.2) is 5.96 Å². The van der Waals surface area contributed by atoms with Gasteiger partial charge in [0.1, 0.15) is 6.54 Å². The molecular formula is C19H37IN4O3. The molecule has 2 unspecified atom stereocenters. The van der Waals surface area contributed by atoms with Crippen molar-refractivity contribution in [1.29, 1.82) is 0 Å². The van der Waals surface area contributed by atoms with Crippen LogP contribution in [0.4, 0.5) is 0 Å². The van der Waals surface area contributed by atoms with Crippen LogP contribution in [0.5, 0.6) is 0 Å². The van der Waals surface area contributed by atoms with E-state index in [-0.39, 0.29) is 42.0 Å². The number of nitrogens with one attached hydrogen (secondary N) is 2. The van der Waals surface area contributed by atoms with Crippen molar-refractivity contribution in [2.75, 3.05) is 47.5 Å². The molecule has 8 heteroatoms. The summed E-state index contributed by atoms with van der Waals surface area (Å²) in [4.78, 5) is 18.1. The van der Waals surface area contributed by atoms with Gasteiger partial charge in [-0.05, 0) is 18.8 Å². The molecule has 0 spiro atoms. The molecule has 1 aliphatic carbocycles. The molecule has 1 heterocycles. The molecule has 2 rings (SSSR count). The molecule has 0 radical (unpaired) electrons. The predicted octanol–water partition coefficient (Wildman–Crippen LogP) is 2.00. The summed E-state index contributed by atoms with van der Waals surface area (Å²) in [6.45, 7) is 4.53. The Labute approximate surface area is 181 Å². The second-order valence-electron chi connectivity index (χ2n) is 7.82. The van der Waals surface area contributed by atoms with Crippen molar-refractivity contribution in [1.82, 2.24) is 15.5 Å². The largest absolute Gasteiger partial charge is 0.381 e. The van der Waals surface area contributed by atoms with Gasteiger partial charge in [0.25, 0.3) is 0 Å². The fraction of sp³-hybridized carbons (Fsp3) is 0.895. The smallest absolute Gasteiger partial charge is 0.243 e. The van der Waals surface area contributed by atoms with Crippen molar-refractivity contribution in [3.8, 4) is 0 Å². The van der Waals surface area contributed by atoms with Crippen LogP contribution in [-0.4, -0.2) is 75.9 Å². The monoisotopic (exact) mass is 496 g/mol. The van der Waals surface area contributed by atoms with E-state index in [0.29, 0.717) is 37.7 Å². The first kappa shape index (κ1) is 24.4. The highest BCUT2D eigenvalue weighted by molar-refractivity contribution is 14.0. The second kappa shape index (κ2) is 12.1. The van der Waals surface area contributed by atoms with Gasteiger partial charge in [0.2, 0.25) is 5.91 Å². The molecule has 7 nitrogen and oxygen atoms in total. The molecule has 0 aromatic rings. The van der Waals surface area contributed by atoms with Gasteiger partial charge in [0, 0.05) is 59.8 Å². The predicted molar refractivity (Wildman–Crippen MR) is 119 cm³/mol. The van der Waals surface area contributed by atoms with Gasteiger partial charge < -0.3 is 25.0 Å². The lowest BCUT2D eigenvalue weighted by atomic mass is 9.86. The first-order valence-electron chi connectivity index (χ1n) is 9.84. The number of hydrogen-bond donors (Lipinski definition) is 2. The van der Waals surface area contributed by atoms with Crippen LogP contribution in [0.1, 0.15) is 45.4 Å². The van der Waals surface area contributed by atoms with E-state index in [2.05, 4.69) is 22.5 Å². The van der Waals surface area contributed by atoms with Crippen molar-refractivity contribution in [3.63, 3.8) is 0 Å². The summed E-state index contributed by atoms with van der Waals surface area (Å²) in [6.07, 6.45) is 6.64. The standard InChI is InChI=1S/C19H36N4O3.HI/c1-15-7-5-6-8-16(15)22-18(20-13-17(24)23(2)3)21-14-19(25-4)9-11-26-12-10-19;/h15-16H,5-14H2,1-4H3,(H2,20,21,22);1H. The highest BCUT2D eigenvalue weighted by Gasteiger charge is 2.33. The Bertz CT molecular complexity index is 482. The van der Waals surface area contributed by atoms with Crippen LogP contribution in [0.25, 0.3) is 0 Å². The van der Waals surface area contributed by atoms with Crippen LogP contribution in [0.2, 0.25) is 0 Å². The summed E-state index contributed by atoms with van der Waals surface area (Å²) in [6, 6.07) is 0.401. The third-order valence-electron chi connectivity index (χ3n) is 5.72. The van der Waals surface area contributed by atoms with Gasteiger partial charge in [-0.15, -0.1) is 24.0 Å². The average Bonchev–Trinajstić information content (AvgIpc) is 2.65. The number of rotatable bonds is 6. The summed E-state index contributed by atoms with van der Waals surface area (Å²) >= 11 is 0. The number of likely N-dealkylation sites (N-methyl/N-ethyl adjacent to an activating group) is 1. The van der Waals surface area contributed by atoms with E-state index in [1.54, 1.807) is 26.1 Å². The van der Waals surface area contributed by atoms with Gasteiger partial charge in [-0.2, -0.15) is 0 Å². The number of hydrogen-bond acceptors (Lipinski definition) is 4. The minimum Gasteiger partial charge on any atom is -0.381 e. The molecule has 0 bridgehead atoms. The van der Waals surface area contributed by atoms with Crippen molar-refractivity contribution in [3.05, 3.63) is 0 Å². The van der Waals surface area contributed by atoms with Gasteiger partial charge in [0.05, 0.1) is 5.60 Å². The molecule has 0 aromatic carbocycles. The minimum absolute atomic E-state index is 0. The van der Waals surface area contributed by atoms with E-state index in [4.69, 9.17) is 9.47 Å². The topological polar surface area (TPSA) is 75.2 Å². The summed E-state index contributed by atoms with van der Waals surface area (Å²) < 4.78 is 11.3. The fourth-order valence-corrected chi connectivity index (χ4v) is 3.59. The van der Waals surface area contributed by atoms with Crippen molar-refractivity contribution < 1.29 is 14.3 Å². The Morgan fingerprint density at radius 1 is 1.26 bits per heavy atom. The SMILES string of the molecule is COC1(CNC(=NCC(=O)N(C)C)NC2CCCCC2C)CCOCC1.I. The fourth-order valence-electron chi connectivity index (χ4n) is 3.59. The van der Waals surface area contributed by atoms with Crippen LogP contribution in [0, 0.1) is 5.92 Å². The maximum absolute atomic E-state index is 12.0. The van der Waals surface area contributed by atoms with Gasteiger partial charge in [-0.25, -0.2) is 4.99 Å². The number of carbonyl (C=O) groups excluding carboxylic acids is 1. The van der Waals surface area contributed by atoms with Gasteiger partial charge >= 0.3 is 0 Å². The van der Waals surface area contributed by atoms with E-state index < -0.39 is 0 Å². The number of carbonyl (C=O) groups is 1. The molecule has 27 heavy (non-hydrogen) atoms. The molecule has 1 amide bonds. The van der Waals surface area contributed by atoms with Crippen molar-refractivity contribution in [2.24, 2.45) is 10.9 Å². The van der Waals surface area contributed by atoms with Crippen LogP contribution in [0.3, 0.4) is 0 Å². The molecular weight excluding hydrogens is 459 g/mol. The maximum Gasteiger partial charge on any atom is 0.243 e. The summed E-state index contributed by atoms with van der Waals surface area (Å²) in [5.74, 6) is 1.32.